The SMILES string of the molecule is Cc1ccc(NC(=O)NC2CCc3ncc(C(F)(F)F)n3C2)cc1. The van der Waals surface area contributed by atoms with E-state index in [0.29, 0.717) is 24.4 Å². The number of amides is 2. The zero-order valence-corrected chi connectivity index (χ0v) is 13.0. The molecule has 8 heteroatoms. The summed E-state index contributed by atoms with van der Waals surface area (Å²) in [6, 6.07) is 6.46. The first-order chi connectivity index (χ1) is 11.3. The van der Waals surface area contributed by atoms with Crippen LogP contribution in [-0.2, 0) is 19.1 Å². The van der Waals surface area contributed by atoms with Gasteiger partial charge in [0.2, 0.25) is 0 Å². The molecule has 3 rings (SSSR count). The van der Waals surface area contributed by atoms with Crippen LogP contribution >= 0.6 is 0 Å². The van der Waals surface area contributed by atoms with E-state index in [1.165, 1.54) is 0 Å². The fraction of sp³-hybridized carbons (Fsp3) is 0.375. The summed E-state index contributed by atoms with van der Waals surface area (Å²) in [6.45, 7) is 2.00. The number of hydrogen-bond acceptors (Lipinski definition) is 2. The van der Waals surface area contributed by atoms with Gasteiger partial charge in [0, 0.05) is 24.7 Å². The van der Waals surface area contributed by atoms with Crippen LogP contribution in [0.25, 0.3) is 0 Å². The van der Waals surface area contributed by atoms with E-state index >= 15 is 0 Å². The maximum absolute atomic E-state index is 13.0. The van der Waals surface area contributed by atoms with Crippen LogP contribution in [0.2, 0.25) is 0 Å². The predicted octanol–water partition coefficient (Wildman–Crippen LogP) is 3.35. The lowest BCUT2D eigenvalue weighted by Crippen LogP contribution is -2.43. The molecule has 1 aliphatic heterocycles. The van der Waals surface area contributed by atoms with Crippen molar-refractivity contribution in [2.75, 3.05) is 5.32 Å². The number of alkyl halides is 3. The molecule has 0 radical (unpaired) electrons. The van der Waals surface area contributed by atoms with Crippen molar-refractivity contribution >= 4 is 11.7 Å². The molecule has 5 nitrogen and oxygen atoms in total. The second-order valence-electron chi connectivity index (χ2n) is 5.87. The number of aromatic nitrogens is 2. The van der Waals surface area contributed by atoms with Crippen LogP contribution in [0.15, 0.2) is 30.5 Å². The maximum Gasteiger partial charge on any atom is 0.433 e. The number of imidazole rings is 1. The van der Waals surface area contributed by atoms with Gasteiger partial charge in [-0.1, -0.05) is 17.7 Å². The third kappa shape index (κ3) is 3.52. The van der Waals surface area contributed by atoms with Gasteiger partial charge in [-0.25, -0.2) is 9.78 Å². The highest BCUT2D eigenvalue weighted by atomic mass is 19.4. The molecular weight excluding hydrogens is 321 g/mol. The Hall–Kier alpha value is -2.51. The van der Waals surface area contributed by atoms with Gasteiger partial charge in [-0.15, -0.1) is 0 Å². The lowest BCUT2D eigenvalue weighted by Gasteiger charge is -2.26. The first kappa shape index (κ1) is 16.4. The summed E-state index contributed by atoms with van der Waals surface area (Å²) in [5.74, 6) is 0.402. The number of halogens is 3. The van der Waals surface area contributed by atoms with E-state index in [1.54, 1.807) is 12.1 Å². The van der Waals surface area contributed by atoms with E-state index in [-0.39, 0.29) is 12.6 Å². The lowest BCUT2D eigenvalue weighted by atomic mass is 10.1. The molecule has 0 fully saturated rings. The van der Waals surface area contributed by atoms with Crippen LogP contribution in [0.4, 0.5) is 23.7 Å². The van der Waals surface area contributed by atoms with E-state index in [1.807, 2.05) is 19.1 Å². The highest BCUT2D eigenvalue weighted by molar-refractivity contribution is 5.89. The molecule has 1 aromatic heterocycles. The number of benzene rings is 1. The molecule has 0 aliphatic carbocycles. The zero-order chi connectivity index (χ0) is 17.3. The molecule has 1 aromatic carbocycles. The number of urea groups is 1. The molecule has 0 saturated carbocycles. The molecule has 2 amide bonds. The first-order valence-corrected chi connectivity index (χ1v) is 7.59. The Balaban J connectivity index is 1.64. The normalized spacial score (nSPS) is 17.2. The van der Waals surface area contributed by atoms with Crippen LogP contribution in [0, 0.1) is 6.92 Å². The summed E-state index contributed by atoms with van der Waals surface area (Å²) in [7, 11) is 0. The second kappa shape index (κ2) is 6.18. The summed E-state index contributed by atoms with van der Waals surface area (Å²) in [5, 5.41) is 5.41. The minimum absolute atomic E-state index is 0.0610. The number of fused-ring (bicyclic) bond motifs is 1. The number of nitrogens with one attached hydrogen (secondary N) is 2. The average Bonchev–Trinajstić information content (AvgIpc) is 2.93. The van der Waals surface area contributed by atoms with Gasteiger partial charge in [0.25, 0.3) is 0 Å². The molecule has 1 aliphatic rings. The molecule has 1 atom stereocenters. The van der Waals surface area contributed by atoms with E-state index in [0.717, 1.165) is 16.3 Å². The molecule has 2 heterocycles. The highest BCUT2D eigenvalue weighted by Gasteiger charge is 2.37. The van der Waals surface area contributed by atoms with Gasteiger partial charge in [0.15, 0.2) is 0 Å². The van der Waals surface area contributed by atoms with Crippen molar-refractivity contribution in [3.63, 3.8) is 0 Å². The van der Waals surface area contributed by atoms with Gasteiger partial charge in [0.05, 0.1) is 6.20 Å². The van der Waals surface area contributed by atoms with Crippen molar-refractivity contribution in [3.05, 3.63) is 47.5 Å². The Labute approximate surface area is 136 Å². The molecule has 1 unspecified atom stereocenters. The van der Waals surface area contributed by atoms with Crippen molar-refractivity contribution in [3.8, 4) is 0 Å². The van der Waals surface area contributed by atoms with E-state index in [9.17, 15) is 18.0 Å². The standard InChI is InChI=1S/C16H17F3N4O/c1-10-2-4-11(5-3-10)21-15(24)22-12-6-7-14-20-8-13(16(17,18)19)23(14)9-12/h2-5,8,12H,6-7,9H2,1H3,(H2,21,22,24). The van der Waals surface area contributed by atoms with Crippen molar-refractivity contribution < 1.29 is 18.0 Å². The Morgan fingerprint density at radius 3 is 2.67 bits per heavy atom. The third-order valence-electron chi connectivity index (χ3n) is 3.99. The molecule has 0 bridgehead atoms. The molecule has 24 heavy (non-hydrogen) atoms. The summed E-state index contributed by atoms with van der Waals surface area (Å²) in [5.41, 5.74) is 0.928. The first-order valence-electron chi connectivity index (χ1n) is 7.59. The Bertz CT molecular complexity index is 737. The fourth-order valence-corrected chi connectivity index (χ4v) is 2.77. The summed E-state index contributed by atoms with van der Waals surface area (Å²) >= 11 is 0. The Morgan fingerprint density at radius 2 is 2.00 bits per heavy atom. The van der Waals surface area contributed by atoms with Crippen LogP contribution in [0.3, 0.4) is 0 Å². The molecule has 0 saturated heterocycles. The fourth-order valence-electron chi connectivity index (χ4n) is 2.77. The predicted molar refractivity (Wildman–Crippen MR) is 82.7 cm³/mol. The van der Waals surface area contributed by atoms with Gasteiger partial charge in [-0.3, -0.25) is 0 Å². The molecule has 2 N–H and O–H groups in total. The number of carbonyl (C=O) groups excluding carboxylic acids is 1. The number of aryl methyl sites for hydroxylation is 2. The highest BCUT2D eigenvalue weighted by Crippen LogP contribution is 2.31. The number of carbonyl (C=O) groups is 1. The minimum Gasteiger partial charge on any atom is -0.333 e. The summed E-state index contributed by atoms with van der Waals surface area (Å²) in [4.78, 5) is 15.9. The number of nitrogens with zero attached hydrogens (tertiary/aromatic N) is 2. The molecule has 2 aromatic rings. The van der Waals surface area contributed by atoms with Gasteiger partial charge in [-0.2, -0.15) is 13.2 Å². The third-order valence-corrected chi connectivity index (χ3v) is 3.99. The topological polar surface area (TPSA) is 59.0 Å². The van der Waals surface area contributed by atoms with Crippen molar-refractivity contribution in [2.24, 2.45) is 0 Å². The van der Waals surface area contributed by atoms with Gasteiger partial charge < -0.3 is 15.2 Å². The smallest absolute Gasteiger partial charge is 0.333 e. The van der Waals surface area contributed by atoms with Crippen molar-refractivity contribution in [1.29, 1.82) is 0 Å². The summed E-state index contributed by atoms with van der Waals surface area (Å²) < 4.78 is 40.0. The summed E-state index contributed by atoms with van der Waals surface area (Å²) in [6.07, 6.45) is -2.65. The van der Waals surface area contributed by atoms with Crippen LogP contribution in [-0.4, -0.2) is 21.6 Å². The van der Waals surface area contributed by atoms with E-state index in [2.05, 4.69) is 15.6 Å². The van der Waals surface area contributed by atoms with Crippen LogP contribution in [0.1, 0.15) is 23.5 Å². The Morgan fingerprint density at radius 1 is 1.29 bits per heavy atom. The maximum atomic E-state index is 13.0. The Kier molecular flexibility index (Phi) is 4.21. The largest absolute Gasteiger partial charge is 0.433 e. The lowest BCUT2D eigenvalue weighted by molar-refractivity contribution is -0.144. The van der Waals surface area contributed by atoms with Crippen LogP contribution < -0.4 is 10.6 Å². The van der Waals surface area contributed by atoms with Gasteiger partial charge in [-0.05, 0) is 25.5 Å². The molecule has 128 valence electrons. The number of rotatable bonds is 2. The monoisotopic (exact) mass is 338 g/mol. The van der Waals surface area contributed by atoms with Crippen molar-refractivity contribution in [1.82, 2.24) is 14.9 Å². The van der Waals surface area contributed by atoms with Gasteiger partial charge in [0.1, 0.15) is 11.5 Å². The van der Waals surface area contributed by atoms with E-state index < -0.39 is 17.9 Å². The quantitative estimate of drug-likeness (QED) is 0.882. The number of hydrogen-bond donors (Lipinski definition) is 2. The number of anilines is 1. The van der Waals surface area contributed by atoms with E-state index in [4.69, 9.17) is 0 Å². The average molecular weight is 338 g/mol. The molecular formula is C16H17F3N4O. The van der Waals surface area contributed by atoms with Crippen molar-refractivity contribution in [2.45, 2.75) is 38.5 Å². The zero-order valence-electron chi connectivity index (χ0n) is 13.0. The van der Waals surface area contributed by atoms with Crippen LogP contribution in [0.5, 0.6) is 0 Å². The van der Waals surface area contributed by atoms with Gasteiger partial charge >= 0.3 is 12.2 Å². The molecule has 0 spiro atoms. The second-order valence-corrected chi connectivity index (χ2v) is 5.87. The minimum atomic E-state index is -4.45.